The lowest BCUT2D eigenvalue weighted by molar-refractivity contribution is -0.368. The number of hydrogen-bond donors (Lipinski definition) is 1. The van der Waals surface area contributed by atoms with Crippen LogP contribution in [-0.2, 0) is 4.79 Å². The average Bonchev–Trinajstić information content (AvgIpc) is 3.16. The van der Waals surface area contributed by atoms with Gasteiger partial charge in [-0.1, -0.05) is 5.16 Å². The largest absolute Gasteiger partial charge is 0.358 e. The van der Waals surface area contributed by atoms with E-state index in [1.807, 2.05) is 4.90 Å². The van der Waals surface area contributed by atoms with E-state index < -0.39 is 0 Å². The molecule has 2 heterocycles. The van der Waals surface area contributed by atoms with Crippen molar-refractivity contribution in [3.05, 3.63) is 36.0 Å². The number of likely N-dealkylation sites (tertiary alicyclic amines) is 1. The van der Waals surface area contributed by atoms with E-state index in [9.17, 15) is 9.18 Å². The fraction of sp³-hybridized carbons (Fsp3) is 0.526. The van der Waals surface area contributed by atoms with Gasteiger partial charge in [0, 0.05) is 18.5 Å². The number of piperidine rings is 1. The van der Waals surface area contributed by atoms with Crippen LogP contribution in [0.3, 0.4) is 0 Å². The zero-order chi connectivity index (χ0) is 18.4. The van der Waals surface area contributed by atoms with Gasteiger partial charge in [0.1, 0.15) is 11.9 Å². The van der Waals surface area contributed by atoms with Gasteiger partial charge in [0.2, 0.25) is 17.6 Å². The molecule has 1 fully saturated rings. The van der Waals surface area contributed by atoms with Gasteiger partial charge in [-0.25, -0.2) is 4.39 Å². The van der Waals surface area contributed by atoms with Crippen LogP contribution in [0.1, 0.15) is 56.9 Å². The molecule has 0 aliphatic carbocycles. The minimum absolute atomic E-state index is 0.153. The number of amides is 1. The number of nitrogens with zero attached hydrogens (tertiary/aromatic N) is 3. The third-order valence-corrected chi connectivity index (χ3v) is 4.79. The van der Waals surface area contributed by atoms with Crippen molar-refractivity contribution in [3.8, 4) is 11.4 Å². The van der Waals surface area contributed by atoms with Gasteiger partial charge >= 0.3 is 0 Å². The Morgan fingerprint density at radius 1 is 1.23 bits per heavy atom. The zero-order valence-electron chi connectivity index (χ0n) is 15.0. The molecule has 6 nitrogen and oxygen atoms in total. The maximum absolute atomic E-state index is 13.1. The van der Waals surface area contributed by atoms with Gasteiger partial charge in [0.05, 0.1) is 6.54 Å². The van der Waals surface area contributed by atoms with Gasteiger partial charge < -0.3 is 15.2 Å². The average molecular weight is 361 g/mol. The van der Waals surface area contributed by atoms with Crippen LogP contribution in [0.5, 0.6) is 0 Å². The summed E-state index contributed by atoms with van der Waals surface area (Å²) >= 11 is 0. The molecule has 7 heteroatoms. The predicted molar refractivity (Wildman–Crippen MR) is 94.2 cm³/mol. The van der Waals surface area contributed by atoms with Crippen LogP contribution in [0.25, 0.3) is 11.4 Å². The molecule has 0 unspecified atom stereocenters. The van der Waals surface area contributed by atoms with Crippen LogP contribution in [0.4, 0.5) is 4.39 Å². The third-order valence-electron chi connectivity index (χ3n) is 4.79. The van der Waals surface area contributed by atoms with Crippen molar-refractivity contribution in [1.82, 2.24) is 15.0 Å². The van der Waals surface area contributed by atoms with E-state index in [-0.39, 0.29) is 17.8 Å². The lowest BCUT2D eigenvalue weighted by atomic mass is 10.0. The normalized spacial score (nSPS) is 17.5. The molecule has 3 rings (SSSR count). The summed E-state index contributed by atoms with van der Waals surface area (Å²) in [5.74, 6) is 0.740. The first-order chi connectivity index (χ1) is 12.7. The van der Waals surface area contributed by atoms with E-state index in [4.69, 9.17) is 4.52 Å². The van der Waals surface area contributed by atoms with Gasteiger partial charge in [-0.3, -0.25) is 4.79 Å². The summed E-state index contributed by atoms with van der Waals surface area (Å²) in [6.45, 7) is 1.64. The van der Waals surface area contributed by atoms with Crippen LogP contribution in [-0.4, -0.2) is 34.0 Å². The quantitative estimate of drug-likeness (QED) is 0.768. The van der Waals surface area contributed by atoms with Crippen molar-refractivity contribution in [2.75, 3.05) is 13.1 Å². The number of rotatable bonds is 7. The van der Waals surface area contributed by atoms with Crippen LogP contribution in [0, 0.1) is 5.82 Å². The molecule has 1 aromatic heterocycles. The molecule has 1 aliphatic heterocycles. The maximum Gasteiger partial charge on any atom is 0.249 e. The topological polar surface area (TPSA) is 86.9 Å². The molecule has 0 radical (unpaired) electrons. The number of aromatic nitrogens is 2. The maximum atomic E-state index is 13.1. The monoisotopic (exact) mass is 361 g/mol. The molecular formula is C19H26FN4O2+. The Morgan fingerprint density at radius 3 is 2.81 bits per heavy atom. The molecule has 0 bridgehead atoms. The van der Waals surface area contributed by atoms with Crippen molar-refractivity contribution in [1.29, 1.82) is 0 Å². The molecule has 1 amide bonds. The minimum Gasteiger partial charge on any atom is -0.358 e. The van der Waals surface area contributed by atoms with Crippen molar-refractivity contribution < 1.29 is 19.4 Å². The van der Waals surface area contributed by atoms with E-state index in [0.717, 1.165) is 51.6 Å². The van der Waals surface area contributed by atoms with Gasteiger partial charge in [0.15, 0.2) is 0 Å². The summed E-state index contributed by atoms with van der Waals surface area (Å²) in [5, 5.41) is 4.02. The van der Waals surface area contributed by atoms with Crippen molar-refractivity contribution >= 4 is 5.91 Å². The summed E-state index contributed by atoms with van der Waals surface area (Å²) < 4.78 is 18.5. The first-order valence-electron chi connectivity index (χ1n) is 9.37. The Morgan fingerprint density at radius 2 is 2.04 bits per heavy atom. The van der Waals surface area contributed by atoms with Crippen LogP contribution >= 0.6 is 0 Å². The number of unbranched alkanes of at least 4 members (excludes halogenated alkanes) is 2. The highest BCUT2D eigenvalue weighted by Crippen LogP contribution is 2.31. The highest BCUT2D eigenvalue weighted by atomic mass is 19.1. The summed E-state index contributed by atoms with van der Waals surface area (Å²) in [7, 11) is 0. The smallest absolute Gasteiger partial charge is 0.249 e. The Balaban J connectivity index is 1.69. The molecular weight excluding hydrogens is 335 g/mol. The second kappa shape index (κ2) is 8.89. The number of carbonyl (C=O) groups excluding carboxylic acids is 1. The van der Waals surface area contributed by atoms with Crippen molar-refractivity contribution in [2.45, 2.75) is 51.0 Å². The summed E-state index contributed by atoms with van der Waals surface area (Å²) in [5.41, 5.74) is 4.53. The number of quaternary nitrogens is 1. The molecule has 1 saturated heterocycles. The number of halogens is 1. The first-order valence-corrected chi connectivity index (χ1v) is 9.37. The molecule has 0 saturated carbocycles. The Kier molecular flexibility index (Phi) is 6.33. The fourth-order valence-electron chi connectivity index (χ4n) is 3.35. The van der Waals surface area contributed by atoms with Crippen molar-refractivity contribution in [3.63, 3.8) is 0 Å². The molecule has 26 heavy (non-hydrogen) atoms. The van der Waals surface area contributed by atoms with Crippen LogP contribution in [0.15, 0.2) is 28.8 Å². The fourth-order valence-corrected chi connectivity index (χ4v) is 3.35. The summed E-state index contributed by atoms with van der Waals surface area (Å²) in [6.07, 6.45) is 6.39. The minimum atomic E-state index is -0.305. The van der Waals surface area contributed by atoms with Gasteiger partial charge in [-0.2, -0.15) is 4.98 Å². The van der Waals surface area contributed by atoms with E-state index in [1.165, 1.54) is 12.1 Å². The first kappa shape index (κ1) is 18.5. The SMILES string of the molecule is [NH3+]CCCCCC(=O)N1CCCC[C@H]1c1nc(-c2ccc(F)cc2)no1. The highest BCUT2D eigenvalue weighted by Gasteiger charge is 2.31. The summed E-state index contributed by atoms with van der Waals surface area (Å²) in [4.78, 5) is 19.0. The Labute approximate surface area is 152 Å². The molecule has 1 aromatic carbocycles. The third kappa shape index (κ3) is 4.46. The Hall–Kier alpha value is -2.28. The molecule has 3 N–H and O–H groups in total. The summed E-state index contributed by atoms with van der Waals surface area (Å²) in [6, 6.07) is 5.82. The zero-order valence-corrected chi connectivity index (χ0v) is 15.0. The van der Waals surface area contributed by atoms with Crippen LogP contribution < -0.4 is 5.73 Å². The van der Waals surface area contributed by atoms with Crippen molar-refractivity contribution in [2.24, 2.45) is 0 Å². The standard InChI is InChI=1S/C19H25FN4O2/c20-15-10-8-14(9-11-15)18-22-19(26-23-18)16-6-3-5-13-24(16)17(25)7-2-1-4-12-21/h8-11,16H,1-7,12-13,21H2/p+1/t16-/m0/s1. The number of benzene rings is 1. The van der Waals surface area contributed by atoms with E-state index >= 15 is 0 Å². The molecule has 0 spiro atoms. The van der Waals surface area contributed by atoms with Crippen LogP contribution in [0.2, 0.25) is 0 Å². The Bertz CT molecular complexity index is 717. The van der Waals surface area contributed by atoms with Gasteiger partial charge in [-0.15, -0.1) is 0 Å². The van der Waals surface area contributed by atoms with Gasteiger partial charge in [0.25, 0.3) is 0 Å². The molecule has 1 atom stereocenters. The second-order valence-electron chi connectivity index (χ2n) is 6.73. The number of carbonyl (C=O) groups is 1. The number of hydrogen-bond acceptors (Lipinski definition) is 4. The molecule has 1 aliphatic rings. The lowest BCUT2D eigenvalue weighted by Crippen LogP contribution is -2.50. The lowest BCUT2D eigenvalue weighted by Gasteiger charge is -2.33. The second-order valence-corrected chi connectivity index (χ2v) is 6.73. The van der Waals surface area contributed by atoms with Gasteiger partial charge in [-0.05, 0) is 62.8 Å². The van der Waals surface area contributed by atoms with E-state index in [1.54, 1.807) is 12.1 Å². The molecule has 2 aromatic rings. The highest BCUT2D eigenvalue weighted by molar-refractivity contribution is 5.76. The van der Waals surface area contributed by atoms with E-state index in [2.05, 4.69) is 15.9 Å². The van der Waals surface area contributed by atoms with E-state index in [0.29, 0.717) is 23.7 Å². The molecule has 140 valence electrons. The predicted octanol–water partition coefficient (Wildman–Crippen LogP) is 2.73.